The van der Waals surface area contributed by atoms with Gasteiger partial charge in [-0.15, -0.1) is 0 Å². The van der Waals surface area contributed by atoms with E-state index < -0.39 is 11.7 Å². The Hall–Kier alpha value is -1.42. The van der Waals surface area contributed by atoms with Crippen molar-refractivity contribution < 1.29 is 9.18 Å². The quantitative estimate of drug-likeness (QED) is 0.823. The Morgan fingerprint density at radius 3 is 2.59 bits per heavy atom. The summed E-state index contributed by atoms with van der Waals surface area (Å²) in [5, 5.41) is 2.75. The highest BCUT2D eigenvalue weighted by atomic mass is 19.1. The molecule has 0 fully saturated rings. The second kappa shape index (κ2) is 6.35. The molecule has 0 aliphatic carbocycles. The summed E-state index contributed by atoms with van der Waals surface area (Å²) in [6.45, 7) is 4.47. The first-order chi connectivity index (χ1) is 8.04. The van der Waals surface area contributed by atoms with Crippen LogP contribution in [0.15, 0.2) is 24.3 Å². The minimum atomic E-state index is -0.509. The summed E-state index contributed by atoms with van der Waals surface area (Å²) in [6.07, 6.45) is 0.788. The molecule has 0 heterocycles. The van der Waals surface area contributed by atoms with Crippen LogP contribution in [-0.2, 0) is 0 Å². The first-order valence-electron chi connectivity index (χ1n) is 5.80. The number of hydrogen-bond acceptors (Lipinski definition) is 2. The molecule has 0 saturated heterocycles. The SMILES string of the molecule is CC(C)CC(CN)NC(=O)c1ccccc1F. The maximum atomic E-state index is 13.4. The Morgan fingerprint density at radius 2 is 2.06 bits per heavy atom. The van der Waals surface area contributed by atoms with Crippen molar-refractivity contribution in [1.29, 1.82) is 0 Å². The second-order valence-corrected chi connectivity index (χ2v) is 4.52. The van der Waals surface area contributed by atoms with E-state index in [2.05, 4.69) is 19.2 Å². The molecular weight excluding hydrogens is 219 g/mol. The molecule has 0 aromatic heterocycles. The fourth-order valence-electron chi connectivity index (χ4n) is 1.69. The molecule has 0 saturated carbocycles. The highest BCUT2D eigenvalue weighted by Crippen LogP contribution is 2.08. The molecule has 1 unspecified atom stereocenters. The molecule has 17 heavy (non-hydrogen) atoms. The largest absolute Gasteiger partial charge is 0.348 e. The van der Waals surface area contributed by atoms with Crippen LogP contribution in [0, 0.1) is 11.7 Å². The fraction of sp³-hybridized carbons (Fsp3) is 0.462. The minimum Gasteiger partial charge on any atom is -0.348 e. The van der Waals surface area contributed by atoms with Crippen LogP contribution in [0.1, 0.15) is 30.6 Å². The number of rotatable bonds is 5. The monoisotopic (exact) mass is 238 g/mol. The Kier molecular flexibility index (Phi) is 5.10. The Balaban J connectivity index is 2.68. The molecule has 0 bridgehead atoms. The van der Waals surface area contributed by atoms with Crippen molar-refractivity contribution in [2.75, 3.05) is 6.54 Å². The van der Waals surface area contributed by atoms with Crippen molar-refractivity contribution in [2.24, 2.45) is 11.7 Å². The summed E-state index contributed by atoms with van der Waals surface area (Å²) in [7, 11) is 0. The molecule has 94 valence electrons. The number of carbonyl (C=O) groups is 1. The number of carbonyl (C=O) groups excluding carboxylic acids is 1. The van der Waals surface area contributed by atoms with Gasteiger partial charge in [0.25, 0.3) is 5.91 Å². The maximum absolute atomic E-state index is 13.4. The van der Waals surface area contributed by atoms with Gasteiger partial charge in [0.15, 0.2) is 0 Å². The number of hydrogen-bond donors (Lipinski definition) is 2. The first kappa shape index (κ1) is 13.6. The normalized spacial score (nSPS) is 12.5. The fourth-order valence-corrected chi connectivity index (χ4v) is 1.69. The van der Waals surface area contributed by atoms with Gasteiger partial charge in [0.05, 0.1) is 5.56 Å². The second-order valence-electron chi connectivity index (χ2n) is 4.52. The van der Waals surface area contributed by atoms with Crippen molar-refractivity contribution in [2.45, 2.75) is 26.3 Å². The van der Waals surface area contributed by atoms with E-state index in [0.717, 1.165) is 6.42 Å². The number of nitrogens with two attached hydrogens (primary N) is 1. The summed E-state index contributed by atoms with van der Waals surface area (Å²) in [4.78, 5) is 11.8. The molecule has 0 radical (unpaired) electrons. The van der Waals surface area contributed by atoms with Crippen LogP contribution in [0.5, 0.6) is 0 Å². The third-order valence-electron chi connectivity index (χ3n) is 2.49. The van der Waals surface area contributed by atoms with Crippen LogP contribution < -0.4 is 11.1 Å². The highest BCUT2D eigenvalue weighted by Gasteiger charge is 2.16. The smallest absolute Gasteiger partial charge is 0.254 e. The summed E-state index contributed by atoms with van der Waals surface area (Å²) < 4.78 is 13.4. The zero-order chi connectivity index (χ0) is 12.8. The predicted molar refractivity (Wildman–Crippen MR) is 66.2 cm³/mol. The highest BCUT2D eigenvalue weighted by molar-refractivity contribution is 5.94. The van der Waals surface area contributed by atoms with E-state index in [-0.39, 0.29) is 11.6 Å². The van der Waals surface area contributed by atoms with E-state index >= 15 is 0 Å². The van der Waals surface area contributed by atoms with Gasteiger partial charge in [-0.3, -0.25) is 4.79 Å². The van der Waals surface area contributed by atoms with Crippen LogP contribution in [-0.4, -0.2) is 18.5 Å². The van der Waals surface area contributed by atoms with Gasteiger partial charge in [-0.2, -0.15) is 0 Å². The average molecular weight is 238 g/mol. The van der Waals surface area contributed by atoms with Crippen LogP contribution in [0.3, 0.4) is 0 Å². The van der Waals surface area contributed by atoms with E-state index in [9.17, 15) is 9.18 Å². The zero-order valence-corrected chi connectivity index (χ0v) is 10.2. The third kappa shape index (κ3) is 4.15. The molecule has 1 aromatic carbocycles. The summed E-state index contributed by atoms with van der Waals surface area (Å²) >= 11 is 0. The van der Waals surface area contributed by atoms with Crippen molar-refractivity contribution >= 4 is 5.91 Å². The predicted octanol–water partition coefficient (Wildman–Crippen LogP) is 1.93. The van der Waals surface area contributed by atoms with Crippen molar-refractivity contribution in [3.8, 4) is 0 Å². The third-order valence-corrected chi connectivity index (χ3v) is 2.49. The number of halogens is 1. The lowest BCUT2D eigenvalue weighted by molar-refractivity contribution is 0.0929. The van der Waals surface area contributed by atoms with Crippen LogP contribution in [0.4, 0.5) is 4.39 Å². The lowest BCUT2D eigenvalue weighted by Gasteiger charge is -2.18. The van der Waals surface area contributed by atoms with E-state index in [1.54, 1.807) is 12.1 Å². The van der Waals surface area contributed by atoms with E-state index in [1.807, 2.05) is 0 Å². The van der Waals surface area contributed by atoms with Crippen molar-refractivity contribution in [1.82, 2.24) is 5.32 Å². The molecule has 0 aliphatic rings. The van der Waals surface area contributed by atoms with Gasteiger partial charge >= 0.3 is 0 Å². The zero-order valence-electron chi connectivity index (χ0n) is 10.2. The van der Waals surface area contributed by atoms with Gasteiger partial charge in [-0.1, -0.05) is 26.0 Å². The Morgan fingerprint density at radius 1 is 1.41 bits per heavy atom. The van der Waals surface area contributed by atoms with Crippen LogP contribution >= 0.6 is 0 Å². The molecule has 1 aromatic rings. The summed E-state index contributed by atoms with van der Waals surface area (Å²) in [5.74, 6) is -0.478. The van der Waals surface area contributed by atoms with Gasteiger partial charge < -0.3 is 11.1 Å². The molecule has 1 amide bonds. The molecular formula is C13H19FN2O. The van der Waals surface area contributed by atoms with Gasteiger partial charge in [0.1, 0.15) is 5.82 Å². The summed E-state index contributed by atoms with van der Waals surface area (Å²) in [6, 6.07) is 5.82. The Bertz CT molecular complexity index is 379. The number of amides is 1. The van der Waals surface area contributed by atoms with Crippen LogP contribution in [0.2, 0.25) is 0 Å². The van der Waals surface area contributed by atoms with Gasteiger partial charge in [0.2, 0.25) is 0 Å². The number of benzene rings is 1. The molecule has 0 aliphatic heterocycles. The number of nitrogens with one attached hydrogen (secondary N) is 1. The molecule has 1 atom stereocenters. The van der Waals surface area contributed by atoms with Gasteiger partial charge in [-0.25, -0.2) is 4.39 Å². The standard InChI is InChI=1S/C13H19FN2O/c1-9(2)7-10(8-15)16-13(17)11-5-3-4-6-12(11)14/h3-6,9-10H,7-8,15H2,1-2H3,(H,16,17). The van der Waals surface area contributed by atoms with Gasteiger partial charge in [-0.05, 0) is 24.5 Å². The lowest BCUT2D eigenvalue weighted by atomic mass is 10.0. The maximum Gasteiger partial charge on any atom is 0.254 e. The minimum absolute atomic E-state index is 0.0645. The van der Waals surface area contributed by atoms with Crippen molar-refractivity contribution in [3.05, 3.63) is 35.6 Å². The summed E-state index contributed by atoms with van der Waals surface area (Å²) in [5.41, 5.74) is 5.64. The average Bonchev–Trinajstić information content (AvgIpc) is 2.27. The molecule has 0 spiro atoms. The van der Waals surface area contributed by atoms with E-state index in [1.165, 1.54) is 12.1 Å². The van der Waals surface area contributed by atoms with Gasteiger partial charge in [0, 0.05) is 12.6 Å². The molecule has 4 heteroatoms. The Labute approximate surface area is 101 Å². The van der Waals surface area contributed by atoms with Crippen molar-refractivity contribution in [3.63, 3.8) is 0 Å². The van der Waals surface area contributed by atoms with Crippen LogP contribution in [0.25, 0.3) is 0 Å². The molecule has 1 rings (SSSR count). The van der Waals surface area contributed by atoms with E-state index in [0.29, 0.717) is 12.5 Å². The van der Waals surface area contributed by atoms with E-state index in [4.69, 9.17) is 5.73 Å². The first-order valence-corrected chi connectivity index (χ1v) is 5.80. The lowest BCUT2D eigenvalue weighted by Crippen LogP contribution is -2.41. The molecule has 3 N–H and O–H groups in total. The molecule has 3 nitrogen and oxygen atoms in total. The topological polar surface area (TPSA) is 55.1 Å².